The normalized spacial score (nSPS) is 11.6. The van der Waals surface area contributed by atoms with E-state index >= 15 is 0 Å². The fourth-order valence-corrected chi connectivity index (χ4v) is 2.97. The number of pyridine rings is 1. The molecule has 1 aromatic carbocycles. The van der Waals surface area contributed by atoms with Gasteiger partial charge in [0.05, 0.1) is 18.3 Å². The number of hydrogen-bond acceptors (Lipinski definition) is 4. The van der Waals surface area contributed by atoms with Gasteiger partial charge in [0.25, 0.3) is 5.91 Å². The first-order valence-corrected chi connectivity index (χ1v) is 9.31. The first-order valence-electron chi connectivity index (χ1n) is 7.78. The van der Waals surface area contributed by atoms with Crippen molar-refractivity contribution in [3.8, 4) is 5.75 Å². The van der Waals surface area contributed by atoms with Gasteiger partial charge in [0.1, 0.15) is 17.1 Å². The Hall–Kier alpha value is -2.37. The molecule has 0 saturated carbocycles. The van der Waals surface area contributed by atoms with Crippen LogP contribution in [-0.4, -0.2) is 32.2 Å². The molecule has 0 spiro atoms. The zero-order valence-corrected chi connectivity index (χ0v) is 16.2. The van der Waals surface area contributed by atoms with Crippen LogP contribution in [0.25, 0.3) is 10.9 Å². The molecule has 27 heavy (non-hydrogen) atoms. The second-order valence-electron chi connectivity index (χ2n) is 5.55. The molecule has 0 atom stereocenters. The number of benzene rings is 1. The van der Waals surface area contributed by atoms with Crippen molar-refractivity contribution >= 4 is 45.1 Å². The fourth-order valence-electron chi connectivity index (χ4n) is 2.48. The van der Waals surface area contributed by atoms with Gasteiger partial charge in [-0.25, -0.2) is 4.98 Å². The lowest BCUT2D eigenvalue weighted by Gasteiger charge is -2.11. The van der Waals surface area contributed by atoms with Gasteiger partial charge in [-0.3, -0.25) is 9.48 Å². The summed E-state index contributed by atoms with van der Waals surface area (Å²) in [5, 5.41) is 7.74. The standard InChI is InChI=1S/C17H14F3IN4O2/c1-27-14-8-12-10(9-25(24-12)6-5-21)7-13(14)23-16(26)11-3-2-4-15(22-11)17(18,19)20/h2-4,7-9H,5-6H2,1H3,(H,23,26). The molecule has 3 rings (SSSR count). The minimum Gasteiger partial charge on any atom is -0.494 e. The number of nitrogens with zero attached hydrogens (tertiary/aromatic N) is 3. The van der Waals surface area contributed by atoms with E-state index in [0.29, 0.717) is 17.0 Å². The maximum Gasteiger partial charge on any atom is 0.433 e. The van der Waals surface area contributed by atoms with Gasteiger partial charge in [-0.15, -0.1) is 0 Å². The minimum absolute atomic E-state index is 0.322. The highest BCUT2D eigenvalue weighted by Gasteiger charge is 2.33. The lowest BCUT2D eigenvalue weighted by molar-refractivity contribution is -0.141. The second kappa shape index (κ2) is 7.71. The average Bonchev–Trinajstić information content (AvgIpc) is 3.02. The number of methoxy groups -OCH3 is 1. The minimum atomic E-state index is -4.62. The molecule has 0 fully saturated rings. The van der Waals surface area contributed by atoms with E-state index in [2.05, 4.69) is 38.0 Å². The van der Waals surface area contributed by atoms with Crippen molar-refractivity contribution in [2.24, 2.45) is 0 Å². The molecular formula is C17H14F3IN4O2. The van der Waals surface area contributed by atoms with Gasteiger partial charge in [0, 0.05) is 28.6 Å². The average molecular weight is 490 g/mol. The number of carbonyl (C=O) groups is 1. The fraction of sp³-hybridized carbons (Fsp3) is 0.235. The Labute approximate surface area is 165 Å². The largest absolute Gasteiger partial charge is 0.494 e. The van der Waals surface area contributed by atoms with Crippen molar-refractivity contribution in [3.63, 3.8) is 0 Å². The van der Waals surface area contributed by atoms with Gasteiger partial charge in [0.2, 0.25) is 0 Å². The van der Waals surface area contributed by atoms with Crippen molar-refractivity contribution in [1.82, 2.24) is 14.8 Å². The molecule has 1 N–H and O–H groups in total. The number of halogens is 4. The van der Waals surface area contributed by atoms with E-state index in [0.717, 1.165) is 28.5 Å². The number of anilines is 1. The third kappa shape index (κ3) is 4.31. The van der Waals surface area contributed by atoms with E-state index in [1.165, 1.54) is 13.2 Å². The van der Waals surface area contributed by atoms with Crippen LogP contribution >= 0.6 is 22.6 Å². The maximum atomic E-state index is 12.8. The number of alkyl halides is 4. The highest BCUT2D eigenvalue weighted by molar-refractivity contribution is 14.1. The number of rotatable bonds is 5. The number of ether oxygens (including phenoxy) is 1. The highest BCUT2D eigenvalue weighted by Crippen LogP contribution is 2.31. The van der Waals surface area contributed by atoms with Crippen molar-refractivity contribution in [3.05, 3.63) is 47.9 Å². The molecule has 142 valence electrons. The predicted octanol–water partition coefficient (Wildman–Crippen LogP) is 4.15. The molecular weight excluding hydrogens is 476 g/mol. The molecule has 1 amide bonds. The lowest BCUT2D eigenvalue weighted by Crippen LogP contribution is -2.17. The smallest absolute Gasteiger partial charge is 0.433 e. The summed E-state index contributed by atoms with van der Waals surface area (Å²) in [7, 11) is 1.43. The van der Waals surface area contributed by atoms with Crippen LogP contribution in [0.3, 0.4) is 0 Å². The van der Waals surface area contributed by atoms with E-state index in [-0.39, 0.29) is 5.69 Å². The molecule has 0 unspecified atom stereocenters. The van der Waals surface area contributed by atoms with Crippen LogP contribution in [0.4, 0.5) is 18.9 Å². The second-order valence-corrected chi connectivity index (χ2v) is 6.63. The number of amides is 1. The van der Waals surface area contributed by atoms with Crippen molar-refractivity contribution in [2.45, 2.75) is 12.7 Å². The van der Waals surface area contributed by atoms with Crippen LogP contribution < -0.4 is 10.1 Å². The van der Waals surface area contributed by atoms with Gasteiger partial charge < -0.3 is 10.1 Å². The molecule has 0 aliphatic carbocycles. The lowest BCUT2D eigenvalue weighted by atomic mass is 10.2. The number of aryl methyl sites for hydroxylation is 1. The number of nitrogens with one attached hydrogen (secondary N) is 1. The summed E-state index contributed by atoms with van der Waals surface area (Å²) < 4.78 is 46.3. The summed E-state index contributed by atoms with van der Waals surface area (Å²) in [5.74, 6) is -0.416. The first kappa shape index (κ1) is 19.4. The molecule has 0 aliphatic rings. The number of carbonyl (C=O) groups excluding carboxylic acids is 1. The molecule has 0 radical (unpaired) electrons. The molecule has 3 aromatic rings. The summed E-state index contributed by atoms with van der Waals surface area (Å²) >= 11 is 2.24. The molecule has 0 bridgehead atoms. The van der Waals surface area contributed by atoms with Crippen LogP contribution in [0.2, 0.25) is 0 Å². The molecule has 2 aromatic heterocycles. The van der Waals surface area contributed by atoms with Gasteiger partial charge in [-0.05, 0) is 18.2 Å². The van der Waals surface area contributed by atoms with Crippen LogP contribution in [-0.2, 0) is 12.7 Å². The summed E-state index contributed by atoms with van der Waals surface area (Å²) in [6, 6.07) is 6.49. The zero-order chi connectivity index (χ0) is 19.6. The quantitative estimate of drug-likeness (QED) is 0.431. The summed E-state index contributed by atoms with van der Waals surface area (Å²) in [6.45, 7) is 0.730. The third-order valence-corrected chi connectivity index (χ3v) is 4.19. The number of aromatic nitrogens is 3. The van der Waals surface area contributed by atoms with E-state index in [1.807, 2.05) is 6.20 Å². The Morgan fingerprint density at radius 2 is 2.11 bits per heavy atom. The van der Waals surface area contributed by atoms with Crippen molar-refractivity contribution < 1.29 is 22.7 Å². The molecule has 6 nitrogen and oxygen atoms in total. The first-order chi connectivity index (χ1) is 12.8. The monoisotopic (exact) mass is 490 g/mol. The van der Waals surface area contributed by atoms with Gasteiger partial charge >= 0.3 is 6.18 Å². The Bertz CT molecular complexity index is 988. The predicted molar refractivity (Wildman–Crippen MR) is 102 cm³/mol. The summed E-state index contributed by atoms with van der Waals surface area (Å²) in [6.07, 6.45) is -2.80. The SMILES string of the molecule is COc1cc2nn(CCI)cc2cc1NC(=O)c1cccc(C(F)(F)F)n1. The molecule has 10 heteroatoms. The Kier molecular flexibility index (Phi) is 5.53. The topological polar surface area (TPSA) is 69.0 Å². The molecule has 0 saturated heterocycles. The van der Waals surface area contributed by atoms with Crippen molar-refractivity contribution in [2.75, 3.05) is 16.9 Å². The van der Waals surface area contributed by atoms with E-state index in [4.69, 9.17) is 4.74 Å². The van der Waals surface area contributed by atoms with Crippen LogP contribution in [0.1, 0.15) is 16.2 Å². The third-order valence-electron chi connectivity index (χ3n) is 3.71. The Morgan fingerprint density at radius 3 is 2.78 bits per heavy atom. The summed E-state index contributed by atoms with van der Waals surface area (Å²) in [5.41, 5.74) is -0.458. The maximum absolute atomic E-state index is 12.8. The van der Waals surface area contributed by atoms with Crippen LogP contribution in [0.15, 0.2) is 36.5 Å². The van der Waals surface area contributed by atoms with E-state index < -0.39 is 17.8 Å². The Balaban J connectivity index is 1.92. The van der Waals surface area contributed by atoms with E-state index in [9.17, 15) is 18.0 Å². The molecule has 0 aliphatic heterocycles. The Morgan fingerprint density at radius 1 is 1.33 bits per heavy atom. The van der Waals surface area contributed by atoms with E-state index in [1.54, 1.807) is 16.8 Å². The number of hydrogen-bond donors (Lipinski definition) is 1. The molecule has 2 heterocycles. The zero-order valence-electron chi connectivity index (χ0n) is 14.0. The van der Waals surface area contributed by atoms with Crippen LogP contribution in [0.5, 0.6) is 5.75 Å². The summed E-state index contributed by atoms with van der Waals surface area (Å²) in [4.78, 5) is 15.8. The van der Waals surface area contributed by atoms with Gasteiger partial charge in [0.15, 0.2) is 0 Å². The van der Waals surface area contributed by atoms with Crippen LogP contribution in [0, 0.1) is 0 Å². The van der Waals surface area contributed by atoms with Gasteiger partial charge in [-0.1, -0.05) is 28.7 Å². The van der Waals surface area contributed by atoms with Crippen molar-refractivity contribution in [1.29, 1.82) is 0 Å². The van der Waals surface area contributed by atoms with Gasteiger partial charge in [-0.2, -0.15) is 18.3 Å². The highest BCUT2D eigenvalue weighted by atomic mass is 127. The number of fused-ring (bicyclic) bond motifs is 1.